The first-order valence-corrected chi connectivity index (χ1v) is 9.81. The zero-order chi connectivity index (χ0) is 14.6. The van der Waals surface area contributed by atoms with E-state index in [1.165, 1.54) is 0 Å². The normalized spacial score (nSPS) is 43.1. The predicted octanol–water partition coefficient (Wildman–Crippen LogP) is 3.34. The molecule has 0 aromatic carbocycles. The molecule has 0 amide bonds. The average molecular weight is 273 g/mol. The zero-order valence-electron chi connectivity index (χ0n) is 13.7. The maximum absolute atomic E-state index is 8.16. The van der Waals surface area contributed by atoms with E-state index in [9.17, 15) is 0 Å². The van der Waals surface area contributed by atoms with Gasteiger partial charge in [0.05, 0.1) is 12.7 Å². The Bertz CT molecular complexity index is 353. The molecule has 2 saturated heterocycles. The first-order chi connectivity index (χ1) is 8.51. The molecule has 2 fully saturated rings. The maximum Gasteiger partial charge on any atom is 0.192 e. The van der Waals surface area contributed by atoms with Gasteiger partial charge in [0.2, 0.25) is 0 Å². The molecule has 106 valence electrons. The van der Waals surface area contributed by atoms with Gasteiger partial charge in [-0.25, -0.2) is 0 Å². The van der Waals surface area contributed by atoms with Crippen molar-refractivity contribution >= 4 is 8.32 Å². The maximum atomic E-state index is 8.16. The molecule has 0 saturated carbocycles. The molecule has 2 heterocycles. The van der Waals surface area contributed by atoms with Gasteiger partial charge in [-0.3, -0.25) is 0 Å². The Morgan fingerprint density at radius 2 is 2.06 bits per heavy atom. The van der Waals surface area contributed by atoms with Gasteiger partial charge in [0.25, 0.3) is 0 Å². The highest BCUT2D eigenvalue weighted by molar-refractivity contribution is 6.74. The van der Waals surface area contributed by atoms with E-state index in [-0.39, 0.29) is 29.7 Å². The van der Waals surface area contributed by atoms with E-state index in [0.717, 1.165) is 0 Å². The lowest BCUT2D eigenvalue weighted by Gasteiger charge is -2.40. The van der Waals surface area contributed by atoms with E-state index in [0.29, 0.717) is 6.61 Å². The van der Waals surface area contributed by atoms with Crippen LogP contribution in [0.3, 0.4) is 0 Å². The van der Waals surface area contributed by atoms with Crippen LogP contribution in [0.25, 0.3) is 0 Å². The highest BCUT2D eigenvalue weighted by atomic mass is 28.4. The zero-order valence-corrected chi connectivity index (χ0v) is 13.7. The summed E-state index contributed by atoms with van der Waals surface area (Å²) in [6.07, 6.45) is -0.411. The average Bonchev–Trinajstić information content (AvgIpc) is 2.68. The largest absolute Gasteiger partial charge is 0.408 e. The van der Waals surface area contributed by atoms with Crippen LogP contribution in [0.5, 0.6) is 0 Å². The lowest BCUT2D eigenvalue weighted by atomic mass is 9.96. The van der Waals surface area contributed by atoms with Gasteiger partial charge in [-0.05, 0) is 31.5 Å². The summed E-state index contributed by atoms with van der Waals surface area (Å²) in [5.41, 5.74) is -0.570. The Labute approximate surface area is 114 Å². The van der Waals surface area contributed by atoms with Crippen molar-refractivity contribution in [3.63, 3.8) is 0 Å². The molecule has 2 aliphatic heterocycles. The molecule has 5 atom stereocenters. The summed E-state index contributed by atoms with van der Waals surface area (Å²) in [5, 5.41) is 0.157. The fraction of sp³-hybridized carbons (Fsp3) is 1.00. The van der Waals surface area contributed by atoms with Gasteiger partial charge in [-0.15, -0.1) is 0 Å². The second kappa shape index (κ2) is 4.30. The summed E-state index contributed by atoms with van der Waals surface area (Å²) < 4.78 is 26.6. The van der Waals surface area contributed by atoms with E-state index < -0.39 is 13.9 Å². The van der Waals surface area contributed by atoms with Crippen molar-refractivity contribution in [2.45, 2.75) is 83.1 Å². The molecule has 2 aliphatic rings. The summed E-state index contributed by atoms with van der Waals surface area (Å²) in [4.78, 5) is 0. The first kappa shape index (κ1) is 13.1. The molecular weight excluding hydrogens is 244 g/mol. The minimum absolute atomic E-state index is 0.0121. The molecule has 2 rings (SSSR count). The van der Waals surface area contributed by atoms with Crippen molar-refractivity contribution in [1.82, 2.24) is 0 Å². The first-order valence-electron chi connectivity index (χ1n) is 7.48. The number of hydrogen-bond donors (Lipinski definition) is 0. The van der Waals surface area contributed by atoms with Gasteiger partial charge in [0.1, 0.15) is 17.8 Å². The standard InChI is InChI=1S/C14H28O3Si/c1-8-14-9-15-11(10(2)16-14)12(14)17-18(6,7)13(3,4)5/h10-12H,8-9H2,1-7H3/t10-,11+,12+,14+/m0/s1/i8D/t8?,10-,11+,12+,14+. The number of ether oxygens (including phenoxy) is 2. The van der Waals surface area contributed by atoms with Gasteiger partial charge >= 0.3 is 0 Å². The minimum atomic E-state index is -1.88. The van der Waals surface area contributed by atoms with Crippen molar-refractivity contribution in [2.24, 2.45) is 0 Å². The van der Waals surface area contributed by atoms with Crippen molar-refractivity contribution < 1.29 is 15.3 Å². The molecule has 0 aromatic heterocycles. The van der Waals surface area contributed by atoms with Crippen LogP contribution in [0, 0.1) is 0 Å². The summed E-state index contributed by atoms with van der Waals surface area (Å²) in [7, 11) is -1.88. The molecule has 2 bridgehead atoms. The van der Waals surface area contributed by atoms with Crippen LogP contribution < -0.4 is 0 Å². The van der Waals surface area contributed by atoms with Crippen molar-refractivity contribution in [3.8, 4) is 0 Å². The fourth-order valence-corrected chi connectivity index (χ4v) is 3.87. The Balaban J connectivity index is 2.25. The van der Waals surface area contributed by atoms with E-state index in [1.54, 1.807) is 0 Å². The second-order valence-electron chi connectivity index (χ2n) is 7.14. The molecule has 4 heteroatoms. The third-order valence-electron chi connectivity index (χ3n) is 4.87. The van der Waals surface area contributed by atoms with Gasteiger partial charge < -0.3 is 13.9 Å². The molecule has 0 N–H and O–H groups in total. The topological polar surface area (TPSA) is 27.7 Å². The number of hydrogen-bond acceptors (Lipinski definition) is 3. The lowest BCUT2D eigenvalue weighted by molar-refractivity contribution is -0.139. The van der Waals surface area contributed by atoms with Gasteiger partial charge in [0, 0.05) is 1.37 Å². The quantitative estimate of drug-likeness (QED) is 0.738. The Hall–Kier alpha value is 0.0969. The second-order valence-corrected chi connectivity index (χ2v) is 11.9. The van der Waals surface area contributed by atoms with E-state index in [2.05, 4.69) is 33.9 Å². The van der Waals surface area contributed by atoms with Crippen LogP contribution in [0.1, 0.15) is 42.4 Å². The van der Waals surface area contributed by atoms with E-state index in [1.807, 2.05) is 13.8 Å². The van der Waals surface area contributed by atoms with Crippen molar-refractivity contribution in [3.05, 3.63) is 0 Å². The highest BCUT2D eigenvalue weighted by Crippen LogP contribution is 2.47. The van der Waals surface area contributed by atoms with Crippen molar-refractivity contribution in [1.29, 1.82) is 0 Å². The van der Waals surface area contributed by atoms with Crippen LogP contribution in [-0.4, -0.2) is 38.8 Å². The lowest BCUT2D eigenvalue weighted by Crippen LogP contribution is -2.51. The molecule has 0 radical (unpaired) electrons. The third kappa shape index (κ3) is 2.07. The smallest absolute Gasteiger partial charge is 0.192 e. The number of fused-ring (bicyclic) bond motifs is 2. The summed E-state index contributed by atoms with van der Waals surface area (Å²) in [5.74, 6) is 0. The summed E-state index contributed by atoms with van der Waals surface area (Å²) in [6, 6.07) is 0. The Kier molecular flexibility index (Phi) is 3.13. The van der Waals surface area contributed by atoms with Crippen LogP contribution in [-0.2, 0) is 13.9 Å². The Morgan fingerprint density at radius 3 is 2.50 bits per heavy atom. The molecular formula is C14H28O3Si. The molecule has 18 heavy (non-hydrogen) atoms. The van der Waals surface area contributed by atoms with Crippen LogP contribution >= 0.6 is 0 Å². The molecule has 1 unspecified atom stereocenters. The van der Waals surface area contributed by atoms with Crippen LogP contribution in [0.4, 0.5) is 0 Å². The predicted molar refractivity (Wildman–Crippen MR) is 75.4 cm³/mol. The Morgan fingerprint density at radius 1 is 1.44 bits per heavy atom. The van der Waals surface area contributed by atoms with Gasteiger partial charge in [-0.1, -0.05) is 27.7 Å². The monoisotopic (exact) mass is 273 g/mol. The molecule has 3 nitrogen and oxygen atoms in total. The van der Waals surface area contributed by atoms with Crippen LogP contribution in [0.2, 0.25) is 18.1 Å². The van der Waals surface area contributed by atoms with Gasteiger partial charge in [0.15, 0.2) is 8.32 Å². The fourth-order valence-electron chi connectivity index (χ4n) is 2.55. The number of rotatable bonds is 3. The minimum Gasteiger partial charge on any atom is -0.408 e. The summed E-state index contributed by atoms with van der Waals surface area (Å²) in [6.45, 7) is 15.6. The SMILES string of the molecule is [2H]C(C)[C@]12CO[C@H]([C@H](C)O1)[C@H]2O[Si](C)(C)C(C)(C)C. The van der Waals surface area contributed by atoms with Gasteiger partial charge in [-0.2, -0.15) is 0 Å². The highest BCUT2D eigenvalue weighted by Gasteiger charge is 2.61. The van der Waals surface area contributed by atoms with E-state index >= 15 is 0 Å². The summed E-state index contributed by atoms with van der Waals surface area (Å²) >= 11 is 0. The molecule has 0 aliphatic carbocycles. The third-order valence-corrected chi connectivity index (χ3v) is 9.32. The van der Waals surface area contributed by atoms with Crippen molar-refractivity contribution in [2.75, 3.05) is 6.61 Å². The van der Waals surface area contributed by atoms with Crippen LogP contribution in [0.15, 0.2) is 0 Å². The van der Waals surface area contributed by atoms with E-state index in [4.69, 9.17) is 15.3 Å². The molecule has 0 spiro atoms. The molecule has 0 aromatic rings.